The molecule has 0 aliphatic heterocycles. The molecule has 0 aliphatic rings. The zero-order valence-electron chi connectivity index (χ0n) is 13.9. The second-order valence-electron chi connectivity index (χ2n) is 5.24. The first kappa shape index (κ1) is 17.0. The van der Waals surface area contributed by atoms with E-state index in [2.05, 4.69) is 5.32 Å². The van der Waals surface area contributed by atoms with Crippen LogP contribution in [-0.4, -0.2) is 25.6 Å². The van der Waals surface area contributed by atoms with Crippen molar-refractivity contribution in [3.05, 3.63) is 58.3 Å². The van der Waals surface area contributed by atoms with E-state index in [-0.39, 0.29) is 5.91 Å². The number of benzene rings is 2. The van der Waals surface area contributed by atoms with E-state index < -0.39 is 5.97 Å². The largest absolute Gasteiger partial charge is 0.493 e. The van der Waals surface area contributed by atoms with E-state index in [4.69, 9.17) is 9.47 Å². The van der Waals surface area contributed by atoms with Crippen molar-refractivity contribution in [2.45, 2.75) is 6.92 Å². The molecule has 5 nitrogen and oxygen atoms in total. The molecule has 0 fully saturated rings. The molecule has 0 spiro atoms. The molecular formula is C19H17NO4S. The molecule has 0 atom stereocenters. The quantitative estimate of drug-likeness (QED) is 0.692. The average Bonchev–Trinajstić information content (AvgIpc) is 3.08. The summed E-state index contributed by atoms with van der Waals surface area (Å²) in [6.45, 7) is 2.32. The summed E-state index contributed by atoms with van der Waals surface area (Å²) in [7, 11) is 1.31. The maximum atomic E-state index is 12.8. The summed E-state index contributed by atoms with van der Waals surface area (Å²) in [5.41, 5.74) is 0.847. The molecule has 128 valence electrons. The number of ether oxygens (including phenoxy) is 2. The van der Waals surface area contributed by atoms with Crippen LogP contribution in [0.15, 0.2) is 47.8 Å². The van der Waals surface area contributed by atoms with E-state index in [0.29, 0.717) is 28.5 Å². The van der Waals surface area contributed by atoms with Gasteiger partial charge in [0.2, 0.25) is 0 Å². The molecule has 1 N–H and O–H groups in total. The second kappa shape index (κ2) is 7.36. The highest BCUT2D eigenvalue weighted by molar-refractivity contribution is 7.12. The normalized spacial score (nSPS) is 10.5. The van der Waals surface area contributed by atoms with Crippen LogP contribution >= 0.6 is 11.3 Å². The Morgan fingerprint density at radius 2 is 1.84 bits per heavy atom. The molecule has 6 heteroatoms. The third kappa shape index (κ3) is 3.49. The Morgan fingerprint density at radius 1 is 1.12 bits per heavy atom. The molecule has 0 unspecified atom stereocenters. The first-order valence-corrected chi connectivity index (χ1v) is 8.64. The first-order chi connectivity index (χ1) is 12.1. The van der Waals surface area contributed by atoms with Gasteiger partial charge in [0, 0.05) is 0 Å². The summed E-state index contributed by atoms with van der Waals surface area (Å²) in [6, 6.07) is 13.1. The number of thiophene rings is 1. The lowest BCUT2D eigenvalue weighted by Gasteiger charge is -2.12. The number of rotatable bonds is 5. The van der Waals surface area contributed by atoms with Crippen LogP contribution in [0.2, 0.25) is 0 Å². The number of methoxy groups -OCH3 is 1. The van der Waals surface area contributed by atoms with Crippen molar-refractivity contribution in [1.29, 1.82) is 0 Å². The number of anilines is 1. The van der Waals surface area contributed by atoms with Gasteiger partial charge in [0.15, 0.2) is 0 Å². The maximum Gasteiger partial charge on any atom is 0.350 e. The zero-order chi connectivity index (χ0) is 17.8. The summed E-state index contributed by atoms with van der Waals surface area (Å²) >= 11 is 1.22. The van der Waals surface area contributed by atoms with Crippen LogP contribution in [-0.2, 0) is 4.74 Å². The van der Waals surface area contributed by atoms with E-state index in [9.17, 15) is 9.59 Å². The highest BCUT2D eigenvalue weighted by atomic mass is 32.1. The molecule has 25 heavy (non-hydrogen) atoms. The van der Waals surface area contributed by atoms with Gasteiger partial charge in [-0.05, 0) is 41.3 Å². The highest BCUT2D eigenvalue weighted by Crippen LogP contribution is 2.29. The van der Waals surface area contributed by atoms with Gasteiger partial charge in [0.05, 0.1) is 25.0 Å². The molecule has 1 amide bonds. The molecule has 0 radical (unpaired) electrons. The van der Waals surface area contributed by atoms with Crippen molar-refractivity contribution in [3.63, 3.8) is 0 Å². The van der Waals surface area contributed by atoms with E-state index in [1.54, 1.807) is 17.5 Å². The lowest BCUT2D eigenvalue weighted by molar-refractivity contribution is 0.0607. The zero-order valence-corrected chi connectivity index (χ0v) is 14.7. The molecule has 3 aromatic rings. The molecule has 0 saturated heterocycles. The Labute approximate surface area is 149 Å². The van der Waals surface area contributed by atoms with Crippen molar-refractivity contribution >= 4 is 39.7 Å². The van der Waals surface area contributed by atoms with E-state index >= 15 is 0 Å². The number of amides is 1. The number of hydrogen-bond donors (Lipinski definition) is 1. The van der Waals surface area contributed by atoms with Gasteiger partial charge in [0.1, 0.15) is 10.6 Å². The van der Waals surface area contributed by atoms with Crippen LogP contribution in [0.4, 0.5) is 5.69 Å². The lowest BCUT2D eigenvalue weighted by Crippen LogP contribution is -2.15. The number of hydrogen-bond acceptors (Lipinski definition) is 5. The third-order valence-electron chi connectivity index (χ3n) is 3.68. The Kier molecular flexibility index (Phi) is 5.00. The Morgan fingerprint density at radius 3 is 2.52 bits per heavy atom. The second-order valence-corrected chi connectivity index (χ2v) is 6.15. The highest BCUT2D eigenvalue weighted by Gasteiger charge is 2.19. The number of esters is 1. The number of nitrogens with one attached hydrogen (secondary N) is 1. The standard InChI is InChI=1S/C19H17NO4S/c1-3-24-16-11-13-7-5-4-6-12(13)10-14(16)18(21)20-15-8-9-25-17(15)19(22)23-2/h4-11H,3H2,1-2H3,(H,20,21). The smallest absolute Gasteiger partial charge is 0.350 e. The minimum Gasteiger partial charge on any atom is -0.493 e. The van der Waals surface area contributed by atoms with Crippen molar-refractivity contribution in [3.8, 4) is 5.75 Å². The lowest BCUT2D eigenvalue weighted by atomic mass is 10.1. The van der Waals surface area contributed by atoms with E-state index in [0.717, 1.165) is 10.8 Å². The molecule has 0 aliphatic carbocycles. The summed E-state index contributed by atoms with van der Waals surface area (Å²) in [4.78, 5) is 24.9. The summed E-state index contributed by atoms with van der Waals surface area (Å²) in [5.74, 6) is -0.305. The van der Waals surface area contributed by atoms with E-state index in [1.807, 2.05) is 37.3 Å². The molecule has 0 saturated carbocycles. The van der Waals surface area contributed by atoms with Gasteiger partial charge in [-0.15, -0.1) is 11.3 Å². The minimum atomic E-state index is -0.478. The summed E-state index contributed by atoms with van der Waals surface area (Å²) in [5, 5.41) is 6.44. The SMILES string of the molecule is CCOc1cc2ccccc2cc1C(=O)Nc1ccsc1C(=O)OC. The summed E-state index contributed by atoms with van der Waals surface area (Å²) < 4.78 is 10.4. The van der Waals surface area contributed by atoms with Gasteiger partial charge < -0.3 is 14.8 Å². The van der Waals surface area contributed by atoms with Crippen LogP contribution in [0.3, 0.4) is 0 Å². The van der Waals surface area contributed by atoms with Crippen LogP contribution in [0.1, 0.15) is 27.0 Å². The van der Waals surface area contributed by atoms with Gasteiger partial charge in [-0.3, -0.25) is 4.79 Å². The van der Waals surface area contributed by atoms with Gasteiger partial charge in [-0.2, -0.15) is 0 Å². The Bertz CT molecular complexity index is 932. The third-order valence-corrected chi connectivity index (χ3v) is 4.57. The maximum absolute atomic E-state index is 12.8. The Balaban J connectivity index is 1.97. The molecule has 3 rings (SSSR count). The minimum absolute atomic E-state index is 0.335. The molecule has 1 heterocycles. The summed E-state index contributed by atoms with van der Waals surface area (Å²) in [6.07, 6.45) is 0. The first-order valence-electron chi connectivity index (χ1n) is 7.76. The molecular weight excluding hydrogens is 338 g/mol. The fourth-order valence-electron chi connectivity index (χ4n) is 2.52. The molecule has 0 bridgehead atoms. The van der Waals surface area contributed by atoms with Crippen LogP contribution < -0.4 is 10.1 Å². The van der Waals surface area contributed by atoms with Gasteiger partial charge >= 0.3 is 5.97 Å². The average molecular weight is 355 g/mol. The van der Waals surface area contributed by atoms with Crippen molar-refractivity contribution < 1.29 is 19.1 Å². The van der Waals surface area contributed by atoms with Gasteiger partial charge in [0.25, 0.3) is 5.91 Å². The van der Waals surface area contributed by atoms with Gasteiger partial charge in [-0.25, -0.2) is 4.79 Å². The van der Waals surface area contributed by atoms with Crippen LogP contribution in [0.25, 0.3) is 10.8 Å². The monoisotopic (exact) mass is 355 g/mol. The number of carbonyl (C=O) groups excluding carboxylic acids is 2. The fraction of sp³-hybridized carbons (Fsp3) is 0.158. The number of fused-ring (bicyclic) bond motifs is 1. The molecule has 1 aromatic heterocycles. The predicted molar refractivity (Wildman–Crippen MR) is 98.7 cm³/mol. The van der Waals surface area contributed by atoms with Crippen molar-refractivity contribution in [2.24, 2.45) is 0 Å². The van der Waals surface area contributed by atoms with Crippen molar-refractivity contribution in [2.75, 3.05) is 19.0 Å². The van der Waals surface area contributed by atoms with Crippen molar-refractivity contribution in [1.82, 2.24) is 0 Å². The van der Waals surface area contributed by atoms with Crippen LogP contribution in [0, 0.1) is 0 Å². The number of carbonyl (C=O) groups is 2. The Hall–Kier alpha value is -2.86. The molecule has 2 aromatic carbocycles. The van der Waals surface area contributed by atoms with Gasteiger partial charge in [-0.1, -0.05) is 24.3 Å². The van der Waals surface area contributed by atoms with Crippen LogP contribution in [0.5, 0.6) is 5.75 Å². The van der Waals surface area contributed by atoms with E-state index in [1.165, 1.54) is 18.4 Å². The fourth-order valence-corrected chi connectivity index (χ4v) is 3.29. The topological polar surface area (TPSA) is 64.6 Å². The predicted octanol–water partition coefficient (Wildman–Crippen LogP) is 4.34.